The Hall–Kier alpha value is -2.33. The molecule has 4 N–H and O–H groups in total. The van der Waals surface area contributed by atoms with Crippen molar-refractivity contribution in [1.29, 1.82) is 5.26 Å². The van der Waals surface area contributed by atoms with Crippen molar-refractivity contribution in [2.75, 3.05) is 18.9 Å². The quantitative estimate of drug-likeness (QED) is 0.744. The summed E-state index contributed by atoms with van der Waals surface area (Å²) in [5.74, 6) is 0. The molecule has 2 rings (SSSR count). The van der Waals surface area contributed by atoms with Crippen LogP contribution < -0.4 is 5.73 Å². The third kappa shape index (κ3) is 2.97. The first-order chi connectivity index (χ1) is 10.6. The fourth-order valence-corrected chi connectivity index (χ4v) is 2.31. The van der Waals surface area contributed by atoms with E-state index < -0.39 is 6.10 Å². The molecule has 2 aromatic rings. The van der Waals surface area contributed by atoms with Gasteiger partial charge in [-0.05, 0) is 6.92 Å². The number of nitrogens with two attached hydrogens (primary N) is 1. The molecule has 116 valence electrons. The van der Waals surface area contributed by atoms with Crippen LogP contribution in [0.2, 0.25) is 0 Å². The first-order valence-electron chi connectivity index (χ1n) is 6.91. The summed E-state index contributed by atoms with van der Waals surface area (Å²) in [5.41, 5.74) is 9.19. The van der Waals surface area contributed by atoms with Crippen LogP contribution in [0.4, 0.5) is 5.69 Å². The highest BCUT2D eigenvalue weighted by Crippen LogP contribution is 2.33. The summed E-state index contributed by atoms with van der Waals surface area (Å²) in [6.45, 7) is 1.32. The van der Waals surface area contributed by atoms with E-state index in [9.17, 15) is 5.26 Å². The number of rotatable bonds is 6. The van der Waals surface area contributed by atoms with Crippen LogP contribution in [0.15, 0.2) is 30.3 Å². The molecule has 22 heavy (non-hydrogen) atoms. The molecule has 0 spiro atoms. The molecule has 1 aromatic carbocycles. The Balaban J connectivity index is 2.46. The van der Waals surface area contributed by atoms with E-state index in [2.05, 4.69) is 6.07 Å². The molecule has 0 aliphatic rings. The topological polar surface area (TPSA) is 104 Å². The van der Waals surface area contributed by atoms with Crippen LogP contribution in [0.1, 0.15) is 11.3 Å². The van der Waals surface area contributed by atoms with Crippen LogP contribution in [0.3, 0.4) is 0 Å². The minimum absolute atomic E-state index is 0.0910. The molecule has 6 nitrogen and oxygen atoms in total. The van der Waals surface area contributed by atoms with Crippen molar-refractivity contribution in [3.63, 3.8) is 0 Å². The summed E-state index contributed by atoms with van der Waals surface area (Å²) in [6, 6.07) is 11.6. The Morgan fingerprint density at radius 1 is 1.27 bits per heavy atom. The smallest absolute Gasteiger partial charge is 0.123 e. The Kier molecular flexibility index (Phi) is 5.17. The zero-order valence-corrected chi connectivity index (χ0v) is 12.4. The largest absolute Gasteiger partial charge is 0.396 e. The van der Waals surface area contributed by atoms with Crippen LogP contribution in [0.5, 0.6) is 0 Å². The molecule has 0 bridgehead atoms. The predicted molar refractivity (Wildman–Crippen MR) is 82.8 cm³/mol. The lowest BCUT2D eigenvalue weighted by atomic mass is 10.1. The van der Waals surface area contributed by atoms with E-state index in [0.29, 0.717) is 22.6 Å². The number of aromatic nitrogens is 1. The molecule has 0 atom stereocenters. The minimum atomic E-state index is -0.669. The van der Waals surface area contributed by atoms with Gasteiger partial charge in [0.2, 0.25) is 0 Å². The number of nitrogens with zero attached hydrogens (tertiary/aromatic N) is 2. The molecule has 6 heteroatoms. The third-order valence-electron chi connectivity index (χ3n) is 3.57. The predicted octanol–water partition coefficient (Wildman–Crippen LogP) is 1.24. The number of aliphatic hydroxyl groups is 2. The van der Waals surface area contributed by atoms with Crippen molar-refractivity contribution in [2.45, 2.75) is 19.8 Å². The van der Waals surface area contributed by atoms with Gasteiger partial charge in [0, 0.05) is 11.3 Å². The zero-order chi connectivity index (χ0) is 16.1. The Morgan fingerprint density at radius 2 is 1.91 bits per heavy atom. The van der Waals surface area contributed by atoms with Crippen molar-refractivity contribution in [3.05, 3.63) is 41.6 Å². The van der Waals surface area contributed by atoms with Gasteiger partial charge in [0.15, 0.2) is 0 Å². The highest BCUT2D eigenvalue weighted by atomic mass is 16.5. The van der Waals surface area contributed by atoms with Gasteiger partial charge in [0.1, 0.15) is 18.9 Å². The first kappa shape index (κ1) is 16.0. The van der Waals surface area contributed by atoms with Crippen LogP contribution in [-0.2, 0) is 11.5 Å². The number of ether oxygens (including phenoxy) is 1. The second-order valence-corrected chi connectivity index (χ2v) is 4.91. The fourth-order valence-electron chi connectivity index (χ4n) is 2.31. The number of hydrogen-bond acceptors (Lipinski definition) is 5. The van der Waals surface area contributed by atoms with Gasteiger partial charge < -0.3 is 25.3 Å². The summed E-state index contributed by atoms with van der Waals surface area (Å²) in [7, 11) is 0. The van der Waals surface area contributed by atoms with E-state index in [-0.39, 0.29) is 19.9 Å². The number of benzene rings is 1. The van der Waals surface area contributed by atoms with Gasteiger partial charge in [-0.15, -0.1) is 0 Å². The van der Waals surface area contributed by atoms with Gasteiger partial charge in [-0.25, -0.2) is 0 Å². The number of nitrogen functional groups attached to an aromatic ring is 1. The zero-order valence-electron chi connectivity index (χ0n) is 12.4. The van der Waals surface area contributed by atoms with Gasteiger partial charge in [0.25, 0.3) is 0 Å². The summed E-state index contributed by atoms with van der Waals surface area (Å²) in [6.07, 6.45) is -0.669. The molecule has 0 aliphatic heterocycles. The van der Waals surface area contributed by atoms with E-state index in [0.717, 1.165) is 5.56 Å². The van der Waals surface area contributed by atoms with E-state index >= 15 is 0 Å². The maximum absolute atomic E-state index is 9.29. The minimum Gasteiger partial charge on any atom is -0.396 e. The first-order valence-corrected chi connectivity index (χ1v) is 6.91. The summed E-state index contributed by atoms with van der Waals surface area (Å²) < 4.78 is 7.26. The molecular weight excluding hydrogens is 282 g/mol. The molecule has 0 saturated heterocycles. The van der Waals surface area contributed by atoms with Gasteiger partial charge in [0.05, 0.1) is 30.2 Å². The van der Waals surface area contributed by atoms with Crippen molar-refractivity contribution in [3.8, 4) is 17.3 Å². The molecular formula is C16H19N3O3. The van der Waals surface area contributed by atoms with Crippen molar-refractivity contribution in [1.82, 2.24) is 4.57 Å². The third-order valence-corrected chi connectivity index (χ3v) is 3.57. The Labute approximate surface area is 129 Å². The summed E-state index contributed by atoms with van der Waals surface area (Å²) in [4.78, 5) is 0. The Bertz CT molecular complexity index is 670. The molecule has 0 amide bonds. The SMILES string of the molecule is Cc1c(C#N)c(N)c(-c2ccccc2)n1COC(CO)CO. The standard InChI is InChI=1S/C16H19N3O3/c1-11-14(7-17)15(18)16(12-5-3-2-4-6-12)19(11)10-22-13(8-20)9-21/h2-6,13,20-21H,8-10,18H2,1H3. The van der Waals surface area contributed by atoms with Crippen LogP contribution in [0, 0.1) is 18.3 Å². The second kappa shape index (κ2) is 7.09. The molecule has 0 fully saturated rings. The van der Waals surface area contributed by atoms with Gasteiger partial charge >= 0.3 is 0 Å². The van der Waals surface area contributed by atoms with E-state index in [1.165, 1.54) is 0 Å². The van der Waals surface area contributed by atoms with E-state index in [1.807, 2.05) is 30.3 Å². The number of hydrogen-bond donors (Lipinski definition) is 3. The number of nitriles is 1. The fraction of sp³-hybridized carbons (Fsp3) is 0.312. The van der Waals surface area contributed by atoms with Crippen molar-refractivity contribution >= 4 is 5.69 Å². The average Bonchev–Trinajstić information content (AvgIpc) is 2.79. The number of aliphatic hydroxyl groups excluding tert-OH is 2. The lowest BCUT2D eigenvalue weighted by Gasteiger charge is -2.17. The van der Waals surface area contributed by atoms with Crippen LogP contribution in [0.25, 0.3) is 11.3 Å². The van der Waals surface area contributed by atoms with Gasteiger partial charge in [-0.1, -0.05) is 30.3 Å². The molecule has 1 heterocycles. The average molecular weight is 301 g/mol. The maximum Gasteiger partial charge on any atom is 0.123 e. The van der Waals surface area contributed by atoms with E-state index in [4.69, 9.17) is 20.7 Å². The molecule has 0 unspecified atom stereocenters. The lowest BCUT2D eigenvalue weighted by Crippen LogP contribution is -2.24. The lowest BCUT2D eigenvalue weighted by molar-refractivity contribution is -0.0497. The molecule has 0 aliphatic carbocycles. The Morgan fingerprint density at radius 3 is 2.45 bits per heavy atom. The maximum atomic E-state index is 9.29. The van der Waals surface area contributed by atoms with Gasteiger partial charge in [-0.3, -0.25) is 0 Å². The second-order valence-electron chi connectivity index (χ2n) is 4.91. The number of anilines is 1. The summed E-state index contributed by atoms with van der Waals surface area (Å²) in [5, 5.41) is 27.5. The normalized spacial score (nSPS) is 10.9. The van der Waals surface area contributed by atoms with Crippen LogP contribution in [-0.4, -0.2) is 34.1 Å². The highest BCUT2D eigenvalue weighted by molar-refractivity contribution is 5.80. The molecule has 0 radical (unpaired) electrons. The molecule has 1 aromatic heterocycles. The molecule has 0 saturated carbocycles. The van der Waals surface area contributed by atoms with Crippen molar-refractivity contribution in [2.24, 2.45) is 0 Å². The van der Waals surface area contributed by atoms with Crippen LogP contribution >= 0.6 is 0 Å². The monoisotopic (exact) mass is 301 g/mol. The van der Waals surface area contributed by atoms with Crippen molar-refractivity contribution < 1.29 is 14.9 Å². The van der Waals surface area contributed by atoms with E-state index in [1.54, 1.807) is 11.5 Å². The highest BCUT2D eigenvalue weighted by Gasteiger charge is 2.20. The summed E-state index contributed by atoms with van der Waals surface area (Å²) >= 11 is 0. The van der Waals surface area contributed by atoms with Gasteiger partial charge in [-0.2, -0.15) is 5.26 Å².